The number of aryl methyl sites for hydroxylation is 1. The van der Waals surface area contributed by atoms with Gasteiger partial charge in [-0.25, -0.2) is 9.97 Å². The number of hydrogen-bond acceptors (Lipinski definition) is 6. The summed E-state index contributed by atoms with van der Waals surface area (Å²) < 4.78 is 56.8. The molecule has 2 heterocycles. The molecule has 2 aromatic carbocycles. The number of nitrogens with one attached hydrogen (secondary N) is 1. The minimum atomic E-state index is -4.40. The summed E-state index contributed by atoms with van der Waals surface area (Å²) in [7, 11) is 1.57. The topological polar surface area (TPSA) is 65.5 Å². The maximum Gasteiger partial charge on any atom is 0.416 e. The van der Waals surface area contributed by atoms with Gasteiger partial charge in [-0.1, -0.05) is 12.1 Å². The summed E-state index contributed by atoms with van der Waals surface area (Å²) in [6.07, 6.45) is -3.56. The van der Waals surface area contributed by atoms with Gasteiger partial charge in [0.25, 0.3) is 0 Å². The number of halogens is 3. The summed E-state index contributed by atoms with van der Waals surface area (Å²) in [5, 5.41) is 3.95. The van der Waals surface area contributed by atoms with Gasteiger partial charge < -0.3 is 19.5 Å². The molecule has 0 bridgehead atoms. The number of benzene rings is 2. The molecule has 3 atom stereocenters. The average molecular weight is 476 g/mol. The molecule has 4 rings (SSSR count). The largest absolute Gasteiger partial charge is 0.493 e. The van der Waals surface area contributed by atoms with E-state index in [9.17, 15) is 13.2 Å². The summed E-state index contributed by atoms with van der Waals surface area (Å²) in [5.74, 6) is 2.42. The molecule has 1 saturated heterocycles. The number of anilines is 1. The van der Waals surface area contributed by atoms with Crippen LogP contribution in [0.5, 0.6) is 11.5 Å². The molecule has 1 aliphatic rings. The molecule has 1 N–H and O–H groups in total. The van der Waals surface area contributed by atoms with Crippen LogP contribution in [-0.4, -0.2) is 36.4 Å². The monoisotopic (exact) mass is 475 g/mol. The normalized spacial score (nSPS) is 18.0. The average Bonchev–Trinajstić information content (AvgIpc) is 3.33. The molecule has 0 aliphatic carbocycles. The first kappa shape index (κ1) is 24.1. The van der Waals surface area contributed by atoms with Crippen molar-refractivity contribution in [1.82, 2.24) is 9.97 Å². The molecule has 1 aliphatic heterocycles. The molecule has 0 spiro atoms. The van der Waals surface area contributed by atoms with Gasteiger partial charge in [-0.05, 0) is 51.0 Å². The van der Waals surface area contributed by atoms with Gasteiger partial charge in [0.2, 0.25) is 0 Å². The molecular weight excluding hydrogens is 447 g/mol. The zero-order chi connectivity index (χ0) is 24.5. The zero-order valence-electron chi connectivity index (χ0n) is 19.6. The van der Waals surface area contributed by atoms with Gasteiger partial charge in [-0.15, -0.1) is 0 Å². The van der Waals surface area contributed by atoms with Crippen molar-refractivity contribution < 1.29 is 27.4 Å². The Labute approximate surface area is 196 Å². The molecule has 9 heteroatoms. The van der Waals surface area contributed by atoms with Crippen molar-refractivity contribution >= 4 is 16.7 Å². The molecule has 182 valence electrons. The van der Waals surface area contributed by atoms with Gasteiger partial charge in [0, 0.05) is 30.0 Å². The predicted molar refractivity (Wildman–Crippen MR) is 123 cm³/mol. The first-order valence-corrected chi connectivity index (χ1v) is 11.2. The first-order chi connectivity index (χ1) is 16.2. The van der Waals surface area contributed by atoms with Crippen LogP contribution in [-0.2, 0) is 10.9 Å². The zero-order valence-corrected chi connectivity index (χ0v) is 19.6. The van der Waals surface area contributed by atoms with E-state index in [0.29, 0.717) is 46.2 Å². The smallest absolute Gasteiger partial charge is 0.416 e. The molecule has 0 saturated carbocycles. The fourth-order valence-corrected chi connectivity index (χ4v) is 4.11. The second-order valence-electron chi connectivity index (χ2n) is 8.58. The van der Waals surface area contributed by atoms with E-state index < -0.39 is 17.8 Å². The van der Waals surface area contributed by atoms with Gasteiger partial charge in [0.05, 0.1) is 24.8 Å². The second kappa shape index (κ2) is 9.66. The SMILES string of the molecule is COc1cc2nc(C)nc(N[C@H](C)c3cccc(C(F)(F)F)c3)c2cc1OC(C)[C@H]1CCOC1. The van der Waals surface area contributed by atoms with E-state index in [1.165, 1.54) is 6.07 Å². The van der Waals surface area contributed by atoms with E-state index >= 15 is 0 Å². The lowest BCUT2D eigenvalue weighted by Crippen LogP contribution is -2.24. The number of nitrogens with zero attached hydrogens (tertiary/aromatic N) is 2. The van der Waals surface area contributed by atoms with Gasteiger partial charge in [-0.2, -0.15) is 13.2 Å². The van der Waals surface area contributed by atoms with E-state index in [1.54, 1.807) is 33.1 Å². The number of hydrogen-bond donors (Lipinski definition) is 1. The lowest BCUT2D eigenvalue weighted by molar-refractivity contribution is -0.137. The first-order valence-electron chi connectivity index (χ1n) is 11.2. The molecule has 1 unspecified atom stereocenters. The summed E-state index contributed by atoms with van der Waals surface area (Å²) >= 11 is 0. The maximum atomic E-state index is 13.2. The Morgan fingerprint density at radius 1 is 1.12 bits per heavy atom. The Balaban J connectivity index is 1.68. The molecule has 0 radical (unpaired) electrons. The second-order valence-corrected chi connectivity index (χ2v) is 8.58. The van der Waals surface area contributed by atoms with Crippen LogP contribution in [0, 0.1) is 12.8 Å². The fraction of sp³-hybridized carbons (Fsp3) is 0.440. The maximum absolute atomic E-state index is 13.2. The summed E-state index contributed by atoms with van der Waals surface area (Å²) in [4.78, 5) is 9.04. The van der Waals surface area contributed by atoms with Gasteiger partial charge in [-0.3, -0.25) is 0 Å². The van der Waals surface area contributed by atoms with Crippen molar-refractivity contribution in [1.29, 1.82) is 0 Å². The van der Waals surface area contributed by atoms with E-state index in [2.05, 4.69) is 15.3 Å². The van der Waals surface area contributed by atoms with E-state index in [1.807, 2.05) is 13.0 Å². The van der Waals surface area contributed by atoms with Crippen LogP contribution >= 0.6 is 0 Å². The van der Waals surface area contributed by atoms with Crippen LogP contribution in [0.2, 0.25) is 0 Å². The van der Waals surface area contributed by atoms with Gasteiger partial charge in [0.15, 0.2) is 11.5 Å². The van der Waals surface area contributed by atoms with E-state index in [4.69, 9.17) is 14.2 Å². The Morgan fingerprint density at radius 3 is 2.59 bits per heavy atom. The molecule has 1 fully saturated rings. The Hall–Kier alpha value is -3.07. The number of ether oxygens (including phenoxy) is 3. The Kier molecular flexibility index (Phi) is 6.84. The quantitative estimate of drug-likeness (QED) is 0.456. The highest BCUT2D eigenvalue weighted by Gasteiger charge is 2.31. The van der Waals surface area contributed by atoms with Crippen molar-refractivity contribution in [3.8, 4) is 11.5 Å². The number of alkyl halides is 3. The van der Waals surface area contributed by atoms with Gasteiger partial charge in [0.1, 0.15) is 17.7 Å². The molecular formula is C25H28F3N3O3. The lowest BCUT2D eigenvalue weighted by atomic mass is 10.0. The predicted octanol–water partition coefficient (Wildman–Crippen LogP) is 5.94. The number of methoxy groups -OCH3 is 1. The summed E-state index contributed by atoms with van der Waals surface area (Å²) in [5.41, 5.74) is 0.457. The highest BCUT2D eigenvalue weighted by molar-refractivity contribution is 5.92. The number of fused-ring (bicyclic) bond motifs is 1. The van der Waals surface area contributed by atoms with E-state index in [0.717, 1.165) is 25.2 Å². The van der Waals surface area contributed by atoms with Crippen LogP contribution in [0.1, 0.15) is 43.3 Å². The summed E-state index contributed by atoms with van der Waals surface area (Å²) in [6, 6.07) is 8.46. The highest BCUT2D eigenvalue weighted by atomic mass is 19.4. The van der Waals surface area contributed by atoms with Crippen molar-refractivity contribution in [3.05, 3.63) is 53.3 Å². The lowest BCUT2D eigenvalue weighted by Gasteiger charge is -2.22. The van der Waals surface area contributed by atoms with Crippen LogP contribution in [0.25, 0.3) is 10.9 Å². The minimum Gasteiger partial charge on any atom is -0.493 e. The van der Waals surface area contributed by atoms with Crippen LogP contribution in [0.4, 0.5) is 19.0 Å². The fourth-order valence-electron chi connectivity index (χ4n) is 4.11. The van der Waals surface area contributed by atoms with Crippen LogP contribution in [0.15, 0.2) is 36.4 Å². The minimum absolute atomic E-state index is 0.0827. The van der Waals surface area contributed by atoms with Gasteiger partial charge >= 0.3 is 6.18 Å². The van der Waals surface area contributed by atoms with E-state index in [-0.39, 0.29) is 12.0 Å². The van der Waals surface area contributed by atoms with Crippen LogP contribution in [0.3, 0.4) is 0 Å². The third-order valence-corrected chi connectivity index (χ3v) is 6.10. The Morgan fingerprint density at radius 2 is 1.91 bits per heavy atom. The number of aromatic nitrogens is 2. The van der Waals surface area contributed by atoms with Crippen molar-refractivity contribution in [2.45, 2.75) is 45.5 Å². The number of rotatable bonds is 7. The summed E-state index contributed by atoms with van der Waals surface area (Å²) in [6.45, 7) is 6.94. The van der Waals surface area contributed by atoms with Crippen molar-refractivity contribution in [3.63, 3.8) is 0 Å². The molecule has 1 aromatic heterocycles. The molecule has 34 heavy (non-hydrogen) atoms. The molecule has 3 aromatic rings. The van der Waals surface area contributed by atoms with Crippen molar-refractivity contribution in [2.24, 2.45) is 5.92 Å². The third-order valence-electron chi connectivity index (χ3n) is 6.10. The van der Waals surface area contributed by atoms with Crippen molar-refractivity contribution in [2.75, 3.05) is 25.6 Å². The third kappa shape index (κ3) is 5.19. The molecule has 0 amide bonds. The Bertz CT molecular complexity index is 1160. The standard InChI is InChI=1S/C25H28F3N3O3/c1-14(17-6-5-7-19(10-17)25(26,27)28)29-24-20-11-23(34-15(2)18-8-9-33-13-18)22(32-4)12-21(20)30-16(3)31-24/h5-7,10-12,14-15,18H,8-9,13H2,1-4H3,(H,29,30,31)/t14-,15?,18+/m1/s1. The highest BCUT2D eigenvalue weighted by Crippen LogP contribution is 2.37. The molecule has 6 nitrogen and oxygen atoms in total. The van der Waals surface area contributed by atoms with Crippen LogP contribution < -0.4 is 14.8 Å².